The molecule has 0 radical (unpaired) electrons. The van der Waals surface area contributed by atoms with Crippen LogP contribution in [0.1, 0.15) is 37.2 Å². The predicted octanol–water partition coefficient (Wildman–Crippen LogP) is 3.73. The van der Waals surface area contributed by atoms with Crippen molar-refractivity contribution in [2.24, 2.45) is 5.92 Å². The lowest BCUT2D eigenvalue weighted by Crippen LogP contribution is -2.23. The molecular formula is C20H28N4OS. The molecule has 0 aliphatic carbocycles. The normalized spacial score (nSPS) is 11.4. The van der Waals surface area contributed by atoms with E-state index in [9.17, 15) is 4.79 Å². The van der Waals surface area contributed by atoms with Crippen LogP contribution in [0.2, 0.25) is 0 Å². The number of nitrogens with zero attached hydrogens (tertiary/aromatic N) is 3. The molecular weight excluding hydrogens is 344 g/mol. The summed E-state index contributed by atoms with van der Waals surface area (Å²) in [6.07, 6.45) is 7.09. The fourth-order valence-electron chi connectivity index (χ4n) is 2.67. The Kier molecular flexibility index (Phi) is 7.91. The van der Waals surface area contributed by atoms with Gasteiger partial charge < -0.3 is 9.88 Å². The van der Waals surface area contributed by atoms with Gasteiger partial charge in [-0.1, -0.05) is 55.4 Å². The van der Waals surface area contributed by atoms with E-state index >= 15 is 0 Å². The summed E-state index contributed by atoms with van der Waals surface area (Å²) in [6.45, 7) is 7.96. The molecule has 2 aromatic rings. The molecule has 0 saturated heterocycles. The highest BCUT2D eigenvalue weighted by Crippen LogP contribution is 2.16. The van der Waals surface area contributed by atoms with E-state index in [1.54, 1.807) is 17.8 Å². The quantitative estimate of drug-likeness (QED) is 0.414. The maximum atomic E-state index is 11.9. The van der Waals surface area contributed by atoms with Gasteiger partial charge in [0, 0.05) is 25.6 Å². The summed E-state index contributed by atoms with van der Waals surface area (Å²) in [4.78, 5) is 11.9. The second-order valence-corrected chi connectivity index (χ2v) is 7.52. The highest BCUT2D eigenvalue weighted by atomic mass is 32.2. The van der Waals surface area contributed by atoms with Crippen LogP contribution in [-0.4, -0.2) is 33.5 Å². The Labute approximate surface area is 160 Å². The van der Waals surface area contributed by atoms with Crippen molar-refractivity contribution in [2.45, 2.75) is 45.3 Å². The maximum Gasteiger partial charge on any atom is 0.243 e. The smallest absolute Gasteiger partial charge is 0.243 e. The van der Waals surface area contributed by atoms with Crippen LogP contribution >= 0.6 is 11.8 Å². The number of carbonyl (C=O) groups excluding carboxylic acids is 1. The van der Waals surface area contributed by atoms with Crippen LogP contribution in [0, 0.1) is 12.8 Å². The van der Waals surface area contributed by atoms with E-state index in [4.69, 9.17) is 0 Å². The molecule has 0 aliphatic rings. The predicted molar refractivity (Wildman–Crippen MR) is 108 cm³/mol. The second-order valence-electron chi connectivity index (χ2n) is 6.75. The summed E-state index contributed by atoms with van der Waals surface area (Å²) in [7, 11) is 0. The number of carbonyl (C=O) groups is 1. The average molecular weight is 373 g/mol. The molecule has 0 fully saturated rings. The van der Waals surface area contributed by atoms with E-state index in [1.165, 1.54) is 5.56 Å². The van der Waals surface area contributed by atoms with Gasteiger partial charge in [-0.25, -0.2) is 0 Å². The fraction of sp³-hybridized carbons (Fsp3) is 0.450. The van der Waals surface area contributed by atoms with Crippen molar-refractivity contribution in [3.63, 3.8) is 0 Å². The number of aryl methyl sites for hydroxylation is 2. The van der Waals surface area contributed by atoms with Gasteiger partial charge >= 0.3 is 0 Å². The Balaban J connectivity index is 1.80. The summed E-state index contributed by atoms with van der Waals surface area (Å²) in [5.74, 6) is 1.47. The molecule has 6 heteroatoms. The number of hydrogen-bond donors (Lipinski definition) is 1. The van der Waals surface area contributed by atoms with E-state index in [-0.39, 0.29) is 5.91 Å². The minimum Gasteiger partial charge on any atom is -0.353 e. The summed E-state index contributed by atoms with van der Waals surface area (Å²) >= 11 is 1.62. The van der Waals surface area contributed by atoms with Gasteiger partial charge in [0.2, 0.25) is 5.91 Å². The molecule has 0 unspecified atom stereocenters. The lowest BCUT2D eigenvalue weighted by molar-refractivity contribution is -0.116. The van der Waals surface area contributed by atoms with Crippen molar-refractivity contribution >= 4 is 23.7 Å². The molecule has 5 nitrogen and oxygen atoms in total. The summed E-state index contributed by atoms with van der Waals surface area (Å²) in [5, 5.41) is 12.4. The van der Waals surface area contributed by atoms with E-state index in [0.29, 0.717) is 12.5 Å². The molecule has 2 rings (SSSR count). The first-order valence-electron chi connectivity index (χ1n) is 8.98. The molecule has 0 bridgehead atoms. The van der Waals surface area contributed by atoms with Gasteiger partial charge in [-0.2, -0.15) is 0 Å². The Morgan fingerprint density at radius 2 is 2.15 bits per heavy atom. The van der Waals surface area contributed by atoms with Crippen molar-refractivity contribution < 1.29 is 4.79 Å². The van der Waals surface area contributed by atoms with Gasteiger partial charge in [-0.05, 0) is 37.2 Å². The van der Waals surface area contributed by atoms with Gasteiger partial charge in [0.25, 0.3) is 0 Å². The number of benzene rings is 1. The lowest BCUT2D eigenvalue weighted by atomic mass is 10.1. The first kappa shape index (κ1) is 20.2. The van der Waals surface area contributed by atoms with Crippen LogP contribution in [0.4, 0.5) is 0 Å². The summed E-state index contributed by atoms with van der Waals surface area (Å²) in [6, 6.07) is 8.07. The van der Waals surface area contributed by atoms with E-state index in [2.05, 4.69) is 40.0 Å². The summed E-state index contributed by atoms with van der Waals surface area (Å²) in [5.41, 5.74) is 2.22. The molecule has 0 atom stereocenters. The first-order valence-corrected chi connectivity index (χ1v) is 10.2. The van der Waals surface area contributed by atoms with Crippen LogP contribution < -0.4 is 5.32 Å². The molecule has 1 aromatic carbocycles. The number of amides is 1. The number of nitrogens with one attached hydrogen (secondary N) is 1. The zero-order chi connectivity index (χ0) is 18.9. The number of aromatic nitrogens is 3. The number of thioether (sulfide) groups is 1. The zero-order valence-electron chi connectivity index (χ0n) is 16.0. The molecule has 26 heavy (non-hydrogen) atoms. The third-order valence-electron chi connectivity index (χ3n) is 3.87. The standard InChI is InChI=1S/C20H28N4OS/c1-15(2)14-24-18(22-23-20(24)26-4)9-6-12-21-19(25)11-10-17-8-5-7-16(3)13-17/h5,7-8,10-11,13,15H,6,9,12,14H2,1-4H3,(H,21,25)/b11-10+. The molecule has 0 saturated carbocycles. The Bertz CT molecular complexity index is 752. The van der Waals surface area contributed by atoms with Crippen LogP contribution in [0.25, 0.3) is 6.08 Å². The highest BCUT2D eigenvalue weighted by molar-refractivity contribution is 7.98. The molecule has 1 aromatic heterocycles. The molecule has 1 N–H and O–H groups in total. The van der Waals surface area contributed by atoms with Crippen molar-refractivity contribution in [3.8, 4) is 0 Å². The van der Waals surface area contributed by atoms with Crippen LogP contribution in [0.3, 0.4) is 0 Å². The van der Waals surface area contributed by atoms with Gasteiger partial charge in [0.15, 0.2) is 5.16 Å². The Morgan fingerprint density at radius 3 is 2.85 bits per heavy atom. The molecule has 0 spiro atoms. The largest absolute Gasteiger partial charge is 0.353 e. The van der Waals surface area contributed by atoms with Crippen molar-refractivity contribution in [2.75, 3.05) is 12.8 Å². The van der Waals surface area contributed by atoms with Crippen molar-refractivity contribution in [1.82, 2.24) is 20.1 Å². The van der Waals surface area contributed by atoms with Crippen molar-refractivity contribution in [1.29, 1.82) is 0 Å². The van der Waals surface area contributed by atoms with Crippen molar-refractivity contribution in [3.05, 3.63) is 47.3 Å². The lowest BCUT2D eigenvalue weighted by Gasteiger charge is -2.11. The second kappa shape index (κ2) is 10.2. The van der Waals surface area contributed by atoms with E-state index < -0.39 is 0 Å². The van der Waals surface area contributed by atoms with Gasteiger partial charge in [-0.15, -0.1) is 10.2 Å². The number of rotatable bonds is 9. The van der Waals surface area contributed by atoms with Gasteiger partial charge in [-0.3, -0.25) is 4.79 Å². The number of hydrogen-bond acceptors (Lipinski definition) is 4. The van der Waals surface area contributed by atoms with E-state index in [1.807, 2.05) is 37.5 Å². The first-order chi connectivity index (χ1) is 12.5. The fourth-order valence-corrected chi connectivity index (χ4v) is 3.19. The van der Waals surface area contributed by atoms with Crippen LogP contribution in [0.5, 0.6) is 0 Å². The Hall–Kier alpha value is -2.08. The minimum absolute atomic E-state index is 0.0695. The summed E-state index contributed by atoms with van der Waals surface area (Å²) < 4.78 is 2.19. The van der Waals surface area contributed by atoms with Gasteiger partial charge in [0.1, 0.15) is 5.82 Å². The monoisotopic (exact) mass is 372 g/mol. The molecule has 1 heterocycles. The van der Waals surface area contributed by atoms with Gasteiger partial charge in [0.05, 0.1) is 0 Å². The molecule has 1 amide bonds. The van der Waals surface area contributed by atoms with Crippen LogP contribution in [0.15, 0.2) is 35.5 Å². The highest BCUT2D eigenvalue weighted by Gasteiger charge is 2.12. The third-order valence-corrected chi connectivity index (χ3v) is 4.54. The van der Waals surface area contributed by atoms with E-state index in [0.717, 1.165) is 35.9 Å². The maximum absolute atomic E-state index is 11.9. The molecule has 140 valence electrons. The van der Waals surface area contributed by atoms with Crippen LogP contribution in [-0.2, 0) is 17.8 Å². The zero-order valence-corrected chi connectivity index (χ0v) is 16.8. The third kappa shape index (κ3) is 6.33. The Morgan fingerprint density at radius 1 is 1.35 bits per heavy atom. The average Bonchev–Trinajstić information content (AvgIpc) is 2.98. The minimum atomic E-state index is -0.0695. The topological polar surface area (TPSA) is 59.8 Å². The SMILES string of the molecule is CSc1nnc(CCCNC(=O)/C=C/c2cccc(C)c2)n1CC(C)C. The molecule has 0 aliphatic heterocycles.